The topological polar surface area (TPSA) is 197 Å². The lowest BCUT2D eigenvalue weighted by Gasteiger charge is -2.39. The Morgan fingerprint density at radius 1 is 0.906 bits per heavy atom. The van der Waals surface area contributed by atoms with Crippen LogP contribution in [-0.4, -0.2) is 83.9 Å². The SMILES string of the molecule is O=C(CCc1ccc(O)c(O)c1)c1c(O)cc(O)cc1O[C@H]1O[C@H](CO)[C@@H](O)[C@H](O)[C@H]1O. The summed E-state index contributed by atoms with van der Waals surface area (Å²) in [6, 6.07) is 5.97. The van der Waals surface area contributed by atoms with Crippen molar-refractivity contribution in [1.29, 1.82) is 0 Å². The molecule has 0 unspecified atom stereocenters. The minimum atomic E-state index is -1.76. The van der Waals surface area contributed by atoms with Crippen LogP contribution in [0.5, 0.6) is 28.7 Å². The summed E-state index contributed by atoms with van der Waals surface area (Å²) in [6.07, 6.45) is -8.02. The highest BCUT2D eigenvalue weighted by atomic mass is 16.7. The Bertz CT molecular complexity index is 974. The first-order valence-electron chi connectivity index (χ1n) is 9.69. The van der Waals surface area contributed by atoms with Crippen LogP contribution in [0, 0.1) is 0 Å². The average molecular weight is 452 g/mol. The van der Waals surface area contributed by atoms with Gasteiger partial charge in [0.2, 0.25) is 6.29 Å². The summed E-state index contributed by atoms with van der Waals surface area (Å²) in [4.78, 5) is 12.8. The summed E-state index contributed by atoms with van der Waals surface area (Å²) in [5, 5.41) is 78.2. The van der Waals surface area contributed by atoms with Gasteiger partial charge in [-0.15, -0.1) is 0 Å². The zero-order chi connectivity index (χ0) is 23.6. The summed E-state index contributed by atoms with van der Waals surface area (Å²) in [5.41, 5.74) is 0.200. The van der Waals surface area contributed by atoms with Crippen LogP contribution >= 0.6 is 0 Å². The second-order valence-electron chi connectivity index (χ2n) is 7.40. The molecule has 0 radical (unpaired) electrons. The molecule has 1 saturated heterocycles. The van der Waals surface area contributed by atoms with Gasteiger partial charge in [-0.05, 0) is 24.1 Å². The molecule has 1 aliphatic heterocycles. The monoisotopic (exact) mass is 452 g/mol. The lowest BCUT2D eigenvalue weighted by molar-refractivity contribution is -0.277. The minimum absolute atomic E-state index is 0.131. The van der Waals surface area contributed by atoms with Crippen LogP contribution in [0.15, 0.2) is 30.3 Å². The Hall–Kier alpha value is -3.09. The number of benzene rings is 2. The van der Waals surface area contributed by atoms with E-state index in [1.54, 1.807) is 0 Å². The lowest BCUT2D eigenvalue weighted by Crippen LogP contribution is -2.60. The Labute approximate surface area is 182 Å². The molecule has 0 bridgehead atoms. The fourth-order valence-electron chi connectivity index (χ4n) is 3.36. The molecule has 0 aromatic heterocycles. The smallest absolute Gasteiger partial charge is 0.229 e. The van der Waals surface area contributed by atoms with Crippen LogP contribution in [0.3, 0.4) is 0 Å². The van der Waals surface area contributed by atoms with Gasteiger partial charge >= 0.3 is 0 Å². The molecule has 2 aromatic carbocycles. The highest BCUT2D eigenvalue weighted by Crippen LogP contribution is 2.36. The number of aromatic hydroxyl groups is 4. The molecule has 11 heteroatoms. The van der Waals surface area contributed by atoms with Crippen molar-refractivity contribution in [2.45, 2.75) is 43.5 Å². The maximum atomic E-state index is 12.8. The number of rotatable bonds is 7. The van der Waals surface area contributed by atoms with E-state index in [0.717, 1.165) is 12.1 Å². The molecule has 3 rings (SSSR count). The van der Waals surface area contributed by atoms with Gasteiger partial charge in [0.05, 0.1) is 6.61 Å². The molecule has 1 heterocycles. The molecule has 1 aliphatic rings. The van der Waals surface area contributed by atoms with Crippen molar-refractivity contribution in [1.82, 2.24) is 0 Å². The average Bonchev–Trinajstić information content (AvgIpc) is 2.74. The van der Waals surface area contributed by atoms with Crippen LogP contribution < -0.4 is 4.74 Å². The number of aliphatic hydroxyl groups excluding tert-OH is 4. The summed E-state index contributed by atoms with van der Waals surface area (Å²) in [6.45, 7) is -0.693. The predicted octanol–water partition coefficient (Wildman–Crippen LogP) is -0.497. The molecular formula is C21H24O11. The Morgan fingerprint density at radius 2 is 1.62 bits per heavy atom. The van der Waals surface area contributed by atoms with E-state index in [0.29, 0.717) is 5.56 Å². The number of phenols is 4. The highest BCUT2D eigenvalue weighted by Gasteiger charge is 2.45. The van der Waals surface area contributed by atoms with Crippen molar-refractivity contribution < 1.29 is 55.1 Å². The third-order valence-electron chi connectivity index (χ3n) is 5.12. The molecule has 1 fully saturated rings. The molecule has 174 valence electrons. The number of ether oxygens (including phenoxy) is 2. The first-order valence-corrected chi connectivity index (χ1v) is 9.69. The zero-order valence-corrected chi connectivity index (χ0v) is 16.7. The van der Waals surface area contributed by atoms with Gasteiger partial charge in [-0.1, -0.05) is 6.07 Å². The molecule has 32 heavy (non-hydrogen) atoms. The van der Waals surface area contributed by atoms with Crippen LogP contribution in [0.1, 0.15) is 22.3 Å². The number of phenolic OH excluding ortho intramolecular Hbond substituents is 4. The van der Waals surface area contributed by atoms with E-state index in [4.69, 9.17) is 9.47 Å². The first kappa shape index (κ1) is 23.6. The second kappa shape index (κ2) is 9.59. The number of ketones is 1. The van der Waals surface area contributed by atoms with Crippen LogP contribution in [0.4, 0.5) is 0 Å². The lowest BCUT2D eigenvalue weighted by atomic mass is 9.99. The van der Waals surface area contributed by atoms with Crippen molar-refractivity contribution in [2.75, 3.05) is 6.61 Å². The van der Waals surface area contributed by atoms with E-state index in [9.17, 15) is 45.6 Å². The maximum absolute atomic E-state index is 12.8. The molecule has 0 spiro atoms. The Morgan fingerprint density at radius 3 is 2.28 bits per heavy atom. The van der Waals surface area contributed by atoms with Crippen molar-refractivity contribution in [3.8, 4) is 28.7 Å². The molecule has 2 aromatic rings. The van der Waals surface area contributed by atoms with Gasteiger partial charge in [0.1, 0.15) is 47.2 Å². The van der Waals surface area contributed by atoms with E-state index in [1.165, 1.54) is 18.2 Å². The van der Waals surface area contributed by atoms with Crippen LogP contribution in [0.25, 0.3) is 0 Å². The Balaban J connectivity index is 1.82. The molecule has 0 amide bonds. The molecule has 0 aliphatic carbocycles. The number of carbonyl (C=O) groups is 1. The summed E-state index contributed by atoms with van der Waals surface area (Å²) >= 11 is 0. The zero-order valence-electron chi connectivity index (χ0n) is 16.7. The molecule has 11 nitrogen and oxygen atoms in total. The second-order valence-corrected chi connectivity index (χ2v) is 7.40. The standard InChI is InChI=1S/C21H24O11/c22-8-16-18(28)19(29)20(30)21(32-16)31-15-7-10(23)6-14(27)17(15)12(25)4-2-9-1-3-11(24)13(26)5-9/h1,3,5-7,16,18-24,26-30H,2,4,8H2/t16-,18-,19+,20-,21+/m1/s1. The van der Waals surface area contributed by atoms with Gasteiger partial charge < -0.3 is 50.3 Å². The third-order valence-corrected chi connectivity index (χ3v) is 5.12. The number of hydrogen-bond acceptors (Lipinski definition) is 11. The number of aryl methyl sites for hydroxylation is 1. The number of hydrogen-bond donors (Lipinski definition) is 8. The minimum Gasteiger partial charge on any atom is -0.508 e. The van der Waals surface area contributed by atoms with E-state index < -0.39 is 54.6 Å². The van der Waals surface area contributed by atoms with E-state index >= 15 is 0 Å². The third kappa shape index (κ3) is 4.87. The van der Waals surface area contributed by atoms with E-state index in [2.05, 4.69) is 0 Å². The largest absolute Gasteiger partial charge is 0.508 e. The fraction of sp³-hybridized carbons (Fsp3) is 0.381. The molecule has 0 saturated carbocycles. The predicted molar refractivity (Wildman–Crippen MR) is 107 cm³/mol. The fourth-order valence-corrected chi connectivity index (χ4v) is 3.36. The molecule has 5 atom stereocenters. The number of carbonyl (C=O) groups excluding carboxylic acids is 1. The number of aliphatic hydroxyl groups is 4. The quantitative estimate of drug-likeness (QED) is 0.199. The highest BCUT2D eigenvalue weighted by molar-refractivity contribution is 6.01. The molecular weight excluding hydrogens is 428 g/mol. The van der Waals surface area contributed by atoms with Gasteiger partial charge in [0, 0.05) is 18.6 Å². The number of Topliss-reactive ketones (excluding diaryl/α,β-unsaturated/α-hetero) is 1. The van der Waals surface area contributed by atoms with Gasteiger partial charge in [0.15, 0.2) is 17.3 Å². The van der Waals surface area contributed by atoms with E-state index in [-0.39, 0.29) is 35.7 Å². The van der Waals surface area contributed by atoms with Gasteiger partial charge in [-0.3, -0.25) is 4.79 Å². The van der Waals surface area contributed by atoms with Gasteiger partial charge in [-0.2, -0.15) is 0 Å². The van der Waals surface area contributed by atoms with Crippen molar-refractivity contribution in [2.24, 2.45) is 0 Å². The Kier molecular flexibility index (Phi) is 7.06. The van der Waals surface area contributed by atoms with Gasteiger partial charge in [-0.25, -0.2) is 0 Å². The van der Waals surface area contributed by atoms with Crippen molar-refractivity contribution in [3.05, 3.63) is 41.5 Å². The normalized spacial score (nSPS) is 25.4. The van der Waals surface area contributed by atoms with Crippen LogP contribution in [-0.2, 0) is 11.2 Å². The van der Waals surface area contributed by atoms with Crippen molar-refractivity contribution >= 4 is 5.78 Å². The van der Waals surface area contributed by atoms with Gasteiger partial charge in [0.25, 0.3) is 0 Å². The first-order chi connectivity index (χ1) is 15.1. The van der Waals surface area contributed by atoms with E-state index in [1.807, 2.05) is 0 Å². The van der Waals surface area contributed by atoms with Crippen molar-refractivity contribution in [3.63, 3.8) is 0 Å². The summed E-state index contributed by atoms with van der Waals surface area (Å²) in [7, 11) is 0. The molecule has 8 N–H and O–H groups in total. The maximum Gasteiger partial charge on any atom is 0.229 e. The summed E-state index contributed by atoms with van der Waals surface area (Å²) < 4.78 is 10.7. The summed E-state index contributed by atoms with van der Waals surface area (Å²) in [5.74, 6) is -2.70. The van der Waals surface area contributed by atoms with Crippen LogP contribution in [0.2, 0.25) is 0 Å².